The Labute approximate surface area is 163 Å². The lowest BCUT2D eigenvalue weighted by Crippen LogP contribution is -2.33. The van der Waals surface area contributed by atoms with Gasteiger partial charge < -0.3 is 9.15 Å². The van der Waals surface area contributed by atoms with Crippen LogP contribution in [0.15, 0.2) is 64.0 Å². The van der Waals surface area contributed by atoms with Gasteiger partial charge in [-0.1, -0.05) is 18.2 Å². The van der Waals surface area contributed by atoms with Crippen molar-refractivity contribution in [2.75, 3.05) is 17.5 Å². The molecule has 2 aliphatic rings. The Hall–Kier alpha value is -2.64. The molecule has 6 nitrogen and oxygen atoms in total. The summed E-state index contributed by atoms with van der Waals surface area (Å²) < 4.78 is 39.4. The monoisotopic (exact) mass is 396 g/mol. The highest BCUT2D eigenvalue weighted by atomic mass is 32.2. The Bertz CT molecular complexity index is 1100. The van der Waals surface area contributed by atoms with E-state index in [0.717, 1.165) is 29.9 Å². The molecule has 3 aromatic rings. The van der Waals surface area contributed by atoms with Crippen LogP contribution >= 0.6 is 0 Å². The van der Waals surface area contributed by atoms with Crippen LogP contribution in [0.25, 0.3) is 11.3 Å². The Balaban J connectivity index is 1.46. The predicted octanol–water partition coefficient (Wildman–Crippen LogP) is 3.94. The average Bonchev–Trinajstić information content (AvgIpc) is 3.49. The normalized spacial score (nSPS) is 17.2. The molecule has 2 heterocycles. The first-order valence-electron chi connectivity index (χ1n) is 9.37. The van der Waals surface area contributed by atoms with E-state index in [-0.39, 0.29) is 11.4 Å². The highest BCUT2D eigenvalue weighted by molar-refractivity contribution is 7.92. The zero-order chi connectivity index (χ0) is 19.1. The van der Waals surface area contributed by atoms with Gasteiger partial charge in [-0.05, 0) is 43.2 Å². The third kappa shape index (κ3) is 3.10. The molecule has 1 aliphatic heterocycles. The summed E-state index contributed by atoms with van der Waals surface area (Å²) >= 11 is 0. The minimum atomic E-state index is -3.69. The molecule has 5 rings (SSSR count). The van der Waals surface area contributed by atoms with Gasteiger partial charge in [-0.3, -0.25) is 4.31 Å². The number of aromatic nitrogens is 1. The first-order chi connectivity index (χ1) is 13.6. The molecule has 0 saturated heterocycles. The number of hydrogen-bond donors (Lipinski definition) is 0. The standard InChI is InChI=1S/C21H20N2O4S/c24-28(25,23-11-12-26-14-17-3-1-2-4-19(17)23)18-9-7-15(8-10-18)20-13-22-21(27-20)16-5-6-16/h1-4,7-10,13,16H,5-6,11-12,14H2. The molecule has 1 aromatic heterocycles. The summed E-state index contributed by atoms with van der Waals surface area (Å²) in [7, 11) is -3.69. The first-order valence-corrected chi connectivity index (χ1v) is 10.8. The minimum absolute atomic E-state index is 0.245. The lowest BCUT2D eigenvalue weighted by molar-refractivity contribution is 0.133. The van der Waals surface area contributed by atoms with Gasteiger partial charge in [0, 0.05) is 17.0 Å². The maximum absolute atomic E-state index is 13.3. The second-order valence-corrected chi connectivity index (χ2v) is 8.98. The molecule has 1 fully saturated rings. The van der Waals surface area contributed by atoms with Crippen LogP contribution in [0.4, 0.5) is 5.69 Å². The van der Waals surface area contributed by atoms with Gasteiger partial charge in [0.2, 0.25) is 0 Å². The van der Waals surface area contributed by atoms with Gasteiger partial charge in [0.25, 0.3) is 10.0 Å². The number of rotatable bonds is 4. The number of nitrogens with zero attached hydrogens (tertiary/aromatic N) is 2. The largest absolute Gasteiger partial charge is 0.440 e. The summed E-state index contributed by atoms with van der Waals surface area (Å²) in [5.41, 5.74) is 2.36. The van der Waals surface area contributed by atoms with E-state index in [2.05, 4.69) is 4.98 Å². The van der Waals surface area contributed by atoms with Crippen molar-refractivity contribution in [2.24, 2.45) is 0 Å². The molecular weight excluding hydrogens is 376 g/mol. The van der Waals surface area contributed by atoms with E-state index in [1.807, 2.05) is 24.3 Å². The maximum Gasteiger partial charge on any atom is 0.264 e. The number of oxazole rings is 1. The molecule has 144 valence electrons. The van der Waals surface area contributed by atoms with Crippen LogP contribution in [0, 0.1) is 0 Å². The van der Waals surface area contributed by atoms with Crippen molar-refractivity contribution in [3.8, 4) is 11.3 Å². The van der Waals surface area contributed by atoms with Gasteiger partial charge in [-0.2, -0.15) is 0 Å². The molecule has 1 saturated carbocycles. The smallest absolute Gasteiger partial charge is 0.264 e. The van der Waals surface area contributed by atoms with Crippen LogP contribution in [0.1, 0.15) is 30.2 Å². The molecule has 0 unspecified atom stereocenters. The Kier molecular flexibility index (Phi) is 4.21. The molecule has 0 atom stereocenters. The molecule has 2 aromatic carbocycles. The third-order valence-corrected chi connectivity index (χ3v) is 6.96. The molecular formula is C21H20N2O4S. The maximum atomic E-state index is 13.3. The molecule has 28 heavy (non-hydrogen) atoms. The van der Waals surface area contributed by atoms with E-state index in [9.17, 15) is 8.42 Å². The molecule has 1 aliphatic carbocycles. The first kappa shape index (κ1) is 17.5. The van der Waals surface area contributed by atoms with Crippen molar-refractivity contribution in [1.82, 2.24) is 4.98 Å². The van der Waals surface area contributed by atoms with Crippen molar-refractivity contribution >= 4 is 15.7 Å². The van der Waals surface area contributed by atoms with E-state index >= 15 is 0 Å². The lowest BCUT2D eigenvalue weighted by Gasteiger charge is -2.24. The van der Waals surface area contributed by atoms with Gasteiger partial charge in [0.1, 0.15) is 0 Å². The fourth-order valence-electron chi connectivity index (χ4n) is 3.43. The molecule has 0 radical (unpaired) electrons. The van der Waals surface area contributed by atoms with Gasteiger partial charge in [0.15, 0.2) is 11.7 Å². The third-order valence-electron chi connectivity index (χ3n) is 5.13. The summed E-state index contributed by atoms with van der Waals surface area (Å²) in [6.07, 6.45) is 3.95. The molecule has 0 spiro atoms. The number of ether oxygens (including phenoxy) is 1. The number of fused-ring (bicyclic) bond motifs is 1. The quantitative estimate of drug-likeness (QED) is 0.668. The summed E-state index contributed by atoms with van der Waals surface area (Å²) in [6.45, 7) is 1.05. The summed E-state index contributed by atoms with van der Waals surface area (Å²) in [6, 6.07) is 14.2. The Morgan fingerprint density at radius 3 is 2.61 bits per heavy atom. The second-order valence-electron chi connectivity index (χ2n) is 7.12. The topological polar surface area (TPSA) is 72.6 Å². The highest BCUT2D eigenvalue weighted by Gasteiger charge is 2.30. The SMILES string of the molecule is O=S(=O)(c1ccc(-c2cnc(C3CC3)o2)cc1)N1CCOCc2ccccc21. The summed E-state index contributed by atoms with van der Waals surface area (Å²) in [5, 5.41) is 0. The van der Waals surface area contributed by atoms with Crippen molar-refractivity contribution in [1.29, 1.82) is 0 Å². The lowest BCUT2D eigenvalue weighted by atomic mass is 10.2. The molecule has 0 bridgehead atoms. The van der Waals surface area contributed by atoms with Crippen molar-refractivity contribution in [2.45, 2.75) is 30.3 Å². The van der Waals surface area contributed by atoms with Crippen LogP contribution in [-0.2, 0) is 21.4 Å². The minimum Gasteiger partial charge on any atom is -0.440 e. The van der Waals surface area contributed by atoms with Crippen LogP contribution in [0.2, 0.25) is 0 Å². The predicted molar refractivity (Wildman–Crippen MR) is 105 cm³/mol. The zero-order valence-corrected chi connectivity index (χ0v) is 16.1. The van der Waals surface area contributed by atoms with Crippen LogP contribution in [-0.4, -0.2) is 26.6 Å². The highest BCUT2D eigenvalue weighted by Crippen LogP contribution is 2.40. The van der Waals surface area contributed by atoms with Crippen LogP contribution in [0.3, 0.4) is 0 Å². The molecule has 7 heteroatoms. The number of sulfonamides is 1. The summed E-state index contributed by atoms with van der Waals surface area (Å²) in [4.78, 5) is 4.57. The van der Waals surface area contributed by atoms with E-state index < -0.39 is 10.0 Å². The van der Waals surface area contributed by atoms with Gasteiger partial charge >= 0.3 is 0 Å². The average molecular weight is 396 g/mol. The molecule has 0 amide bonds. The van der Waals surface area contributed by atoms with Gasteiger partial charge in [-0.25, -0.2) is 13.4 Å². The van der Waals surface area contributed by atoms with E-state index in [4.69, 9.17) is 9.15 Å². The number of anilines is 1. The van der Waals surface area contributed by atoms with Crippen molar-refractivity contribution < 1.29 is 17.6 Å². The molecule has 0 N–H and O–H groups in total. The van der Waals surface area contributed by atoms with Gasteiger partial charge in [0.05, 0.1) is 36.5 Å². The van der Waals surface area contributed by atoms with E-state index in [0.29, 0.717) is 30.6 Å². The van der Waals surface area contributed by atoms with E-state index in [1.165, 1.54) is 4.31 Å². The van der Waals surface area contributed by atoms with Crippen molar-refractivity contribution in [3.05, 3.63) is 66.2 Å². The second kappa shape index (κ2) is 6.76. The fraction of sp³-hybridized carbons (Fsp3) is 0.286. The fourth-order valence-corrected chi connectivity index (χ4v) is 4.92. The summed E-state index contributed by atoms with van der Waals surface area (Å²) in [5.74, 6) is 1.88. The van der Waals surface area contributed by atoms with Crippen molar-refractivity contribution in [3.63, 3.8) is 0 Å². The van der Waals surface area contributed by atoms with E-state index in [1.54, 1.807) is 30.5 Å². The van der Waals surface area contributed by atoms with Gasteiger partial charge in [-0.15, -0.1) is 0 Å². The van der Waals surface area contributed by atoms with Crippen LogP contribution in [0.5, 0.6) is 0 Å². The zero-order valence-electron chi connectivity index (χ0n) is 15.2. The Morgan fingerprint density at radius 1 is 1.04 bits per heavy atom. The Morgan fingerprint density at radius 2 is 1.82 bits per heavy atom. The number of benzene rings is 2. The van der Waals surface area contributed by atoms with Crippen LogP contribution < -0.4 is 4.31 Å². The number of para-hydroxylation sites is 1. The number of hydrogen-bond acceptors (Lipinski definition) is 5.